The number of nitrogens with one attached hydrogen (secondary N) is 1. The molecule has 1 atom stereocenters. The monoisotopic (exact) mass is 203 g/mol. The van der Waals surface area contributed by atoms with Crippen LogP contribution in [-0.2, 0) is 6.42 Å². The number of aryl methyl sites for hydroxylation is 1. The van der Waals surface area contributed by atoms with E-state index in [9.17, 15) is 0 Å². The summed E-state index contributed by atoms with van der Waals surface area (Å²) in [5.74, 6) is 0. The summed E-state index contributed by atoms with van der Waals surface area (Å²) in [7, 11) is 0. The minimum atomic E-state index is 0.663. The highest BCUT2D eigenvalue weighted by molar-refractivity contribution is 5.14. The predicted molar refractivity (Wildman–Crippen MR) is 65.0 cm³/mol. The quantitative estimate of drug-likeness (QED) is 0.775. The minimum absolute atomic E-state index is 0.663. The first-order valence-corrected chi connectivity index (χ1v) is 6.14. The van der Waals surface area contributed by atoms with E-state index in [4.69, 9.17) is 0 Å². The van der Waals surface area contributed by atoms with Gasteiger partial charge in [-0.25, -0.2) is 0 Å². The van der Waals surface area contributed by atoms with E-state index in [-0.39, 0.29) is 0 Å². The van der Waals surface area contributed by atoms with Gasteiger partial charge in [0.15, 0.2) is 0 Å². The van der Waals surface area contributed by atoms with Crippen LogP contribution in [-0.4, -0.2) is 12.1 Å². The lowest BCUT2D eigenvalue weighted by Crippen LogP contribution is -2.41. The second kappa shape index (κ2) is 5.32. The van der Waals surface area contributed by atoms with E-state index in [0.29, 0.717) is 6.04 Å². The van der Waals surface area contributed by atoms with E-state index in [1.54, 1.807) is 0 Å². The van der Waals surface area contributed by atoms with Crippen LogP contribution in [0, 0.1) is 0 Å². The van der Waals surface area contributed by atoms with Gasteiger partial charge in [0.2, 0.25) is 0 Å². The predicted octanol–water partition coefficient (Wildman–Crippen LogP) is 3.15. The molecule has 1 fully saturated rings. The van der Waals surface area contributed by atoms with Gasteiger partial charge in [0.1, 0.15) is 0 Å². The number of hydrogen-bond acceptors (Lipinski definition) is 1. The van der Waals surface area contributed by atoms with Crippen LogP contribution >= 0.6 is 0 Å². The fourth-order valence-corrected chi connectivity index (χ4v) is 2.09. The highest BCUT2D eigenvalue weighted by atomic mass is 15.0. The van der Waals surface area contributed by atoms with Gasteiger partial charge in [-0.05, 0) is 38.2 Å². The molecule has 0 aromatic heterocycles. The summed E-state index contributed by atoms with van der Waals surface area (Å²) in [5, 5.41) is 3.69. The average molecular weight is 203 g/mol. The van der Waals surface area contributed by atoms with Crippen LogP contribution in [0.15, 0.2) is 30.3 Å². The van der Waals surface area contributed by atoms with Crippen molar-refractivity contribution in [2.75, 3.05) is 0 Å². The van der Waals surface area contributed by atoms with E-state index in [1.807, 2.05) is 0 Å². The van der Waals surface area contributed by atoms with Crippen molar-refractivity contribution in [3.63, 3.8) is 0 Å². The first-order valence-electron chi connectivity index (χ1n) is 6.14. The van der Waals surface area contributed by atoms with E-state index in [1.165, 1.54) is 37.7 Å². The Morgan fingerprint density at radius 2 is 2.00 bits per heavy atom. The average Bonchev–Trinajstić information content (AvgIpc) is 2.22. The lowest BCUT2D eigenvalue weighted by atomic mass is 9.92. The zero-order valence-corrected chi connectivity index (χ0v) is 9.58. The molecule has 1 aromatic rings. The largest absolute Gasteiger partial charge is 0.311 e. The summed E-state index contributed by atoms with van der Waals surface area (Å²) >= 11 is 0. The molecule has 0 heterocycles. The third kappa shape index (κ3) is 3.35. The molecule has 0 spiro atoms. The Balaban J connectivity index is 1.68. The van der Waals surface area contributed by atoms with Gasteiger partial charge in [0, 0.05) is 12.1 Å². The van der Waals surface area contributed by atoms with Crippen molar-refractivity contribution < 1.29 is 0 Å². The van der Waals surface area contributed by atoms with E-state index < -0.39 is 0 Å². The second-order valence-electron chi connectivity index (χ2n) is 4.72. The molecule has 0 radical (unpaired) electrons. The molecule has 1 aromatic carbocycles. The molecule has 0 saturated heterocycles. The van der Waals surface area contributed by atoms with Crippen molar-refractivity contribution in [1.82, 2.24) is 5.32 Å². The van der Waals surface area contributed by atoms with Crippen molar-refractivity contribution in [3.05, 3.63) is 35.9 Å². The maximum absolute atomic E-state index is 3.69. The van der Waals surface area contributed by atoms with Crippen molar-refractivity contribution in [1.29, 1.82) is 0 Å². The van der Waals surface area contributed by atoms with Crippen LogP contribution in [0.1, 0.15) is 38.2 Å². The Bertz CT molecular complexity index is 277. The molecular formula is C14H21N. The maximum Gasteiger partial charge on any atom is 0.00695 e. The summed E-state index contributed by atoms with van der Waals surface area (Å²) in [6, 6.07) is 12.2. The van der Waals surface area contributed by atoms with Crippen molar-refractivity contribution in [2.24, 2.45) is 0 Å². The maximum atomic E-state index is 3.69. The molecule has 1 unspecified atom stereocenters. The minimum Gasteiger partial charge on any atom is -0.311 e. The molecule has 15 heavy (non-hydrogen) atoms. The Morgan fingerprint density at radius 1 is 1.27 bits per heavy atom. The fraction of sp³-hybridized carbons (Fsp3) is 0.571. The summed E-state index contributed by atoms with van der Waals surface area (Å²) in [6.07, 6.45) is 6.64. The number of rotatable bonds is 5. The zero-order chi connectivity index (χ0) is 10.5. The number of hydrogen-bond donors (Lipinski definition) is 1. The highest BCUT2D eigenvalue weighted by Gasteiger charge is 2.18. The Hall–Kier alpha value is -0.820. The Labute approximate surface area is 92.9 Å². The molecule has 2 rings (SSSR count). The normalized spacial score (nSPS) is 18.5. The van der Waals surface area contributed by atoms with E-state index >= 15 is 0 Å². The molecule has 1 heteroatoms. The zero-order valence-electron chi connectivity index (χ0n) is 9.58. The van der Waals surface area contributed by atoms with Crippen LogP contribution < -0.4 is 5.32 Å². The van der Waals surface area contributed by atoms with Crippen LogP contribution in [0.5, 0.6) is 0 Å². The molecule has 1 saturated carbocycles. The first-order chi connectivity index (χ1) is 7.34. The van der Waals surface area contributed by atoms with Crippen LogP contribution in [0.4, 0.5) is 0 Å². The summed E-state index contributed by atoms with van der Waals surface area (Å²) in [6.45, 7) is 2.31. The molecule has 0 bridgehead atoms. The number of benzene rings is 1. The lowest BCUT2D eigenvalue weighted by Gasteiger charge is -2.30. The van der Waals surface area contributed by atoms with E-state index in [0.717, 1.165) is 6.04 Å². The second-order valence-corrected chi connectivity index (χ2v) is 4.72. The van der Waals surface area contributed by atoms with Gasteiger partial charge in [0.25, 0.3) is 0 Å². The van der Waals surface area contributed by atoms with Crippen molar-refractivity contribution in [2.45, 2.75) is 51.1 Å². The molecule has 82 valence electrons. The van der Waals surface area contributed by atoms with Gasteiger partial charge in [-0.1, -0.05) is 36.8 Å². The van der Waals surface area contributed by atoms with Gasteiger partial charge < -0.3 is 5.32 Å². The third-order valence-electron chi connectivity index (χ3n) is 3.33. The van der Waals surface area contributed by atoms with Gasteiger partial charge >= 0.3 is 0 Å². The lowest BCUT2D eigenvalue weighted by molar-refractivity contribution is 0.304. The van der Waals surface area contributed by atoms with Gasteiger partial charge in [-0.15, -0.1) is 0 Å². The van der Waals surface area contributed by atoms with Gasteiger partial charge in [-0.3, -0.25) is 0 Å². The van der Waals surface area contributed by atoms with Crippen molar-refractivity contribution >= 4 is 0 Å². The molecule has 1 nitrogen and oxygen atoms in total. The van der Waals surface area contributed by atoms with Crippen LogP contribution in [0.3, 0.4) is 0 Å². The summed E-state index contributed by atoms with van der Waals surface area (Å²) in [4.78, 5) is 0. The SMILES string of the molecule is CC(CCc1ccccc1)NC1CCC1. The Morgan fingerprint density at radius 3 is 2.60 bits per heavy atom. The van der Waals surface area contributed by atoms with Crippen LogP contribution in [0.25, 0.3) is 0 Å². The van der Waals surface area contributed by atoms with Crippen molar-refractivity contribution in [3.8, 4) is 0 Å². The van der Waals surface area contributed by atoms with Crippen LogP contribution in [0.2, 0.25) is 0 Å². The molecule has 0 amide bonds. The molecule has 1 aliphatic rings. The van der Waals surface area contributed by atoms with E-state index in [2.05, 4.69) is 42.6 Å². The topological polar surface area (TPSA) is 12.0 Å². The highest BCUT2D eigenvalue weighted by Crippen LogP contribution is 2.19. The summed E-state index contributed by atoms with van der Waals surface area (Å²) < 4.78 is 0. The fourth-order valence-electron chi connectivity index (χ4n) is 2.09. The first kappa shape index (κ1) is 10.7. The van der Waals surface area contributed by atoms with Gasteiger partial charge in [0.05, 0.1) is 0 Å². The standard InChI is InChI=1S/C14H21N/c1-12(15-14-8-5-9-14)10-11-13-6-3-2-4-7-13/h2-4,6-7,12,14-15H,5,8-11H2,1H3. The van der Waals surface area contributed by atoms with Gasteiger partial charge in [-0.2, -0.15) is 0 Å². The third-order valence-corrected chi connectivity index (χ3v) is 3.33. The molecular weight excluding hydrogens is 182 g/mol. The Kier molecular flexibility index (Phi) is 3.79. The molecule has 0 aliphatic heterocycles. The molecule has 1 aliphatic carbocycles. The molecule has 1 N–H and O–H groups in total. The smallest absolute Gasteiger partial charge is 0.00695 e. The summed E-state index contributed by atoms with van der Waals surface area (Å²) in [5.41, 5.74) is 1.46.